The molecule has 1 aromatic rings. The van der Waals surface area contributed by atoms with Gasteiger partial charge in [-0.05, 0) is 37.3 Å². The quantitative estimate of drug-likeness (QED) is 0.849. The lowest BCUT2D eigenvalue weighted by molar-refractivity contribution is -0.141. The number of nitrogens with zero attached hydrogens (tertiary/aromatic N) is 1. The van der Waals surface area contributed by atoms with Gasteiger partial charge < -0.3 is 10.0 Å². The van der Waals surface area contributed by atoms with Crippen molar-refractivity contribution in [2.75, 3.05) is 18.1 Å². The van der Waals surface area contributed by atoms with Gasteiger partial charge in [-0.25, -0.2) is 4.79 Å². The number of hydrogen-bond donors (Lipinski definition) is 1. The third kappa shape index (κ3) is 3.11. The van der Waals surface area contributed by atoms with E-state index in [1.807, 2.05) is 6.07 Å². The molecule has 21 heavy (non-hydrogen) atoms. The summed E-state index contributed by atoms with van der Waals surface area (Å²) >= 11 is 3.18. The Labute approximate surface area is 132 Å². The summed E-state index contributed by atoms with van der Waals surface area (Å²) in [6, 6.07) is 1.33. The van der Waals surface area contributed by atoms with E-state index in [2.05, 4.69) is 0 Å². The van der Waals surface area contributed by atoms with Crippen LogP contribution in [-0.2, 0) is 17.6 Å². The highest BCUT2D eigenvalue weighted by Crippen LogP contribution is 2.30. The fourth-order valence-corrected chi connectivity index (χ4v) is 5.21. The van der Waals surface area contributed by atoms with Crippen LogP contribution >= 0.6 is 23.1 Å². The second-order valence-corrected chi connectivity index (χ2v) is 7.83. The van der Waals surface area contributed by atoms with Crippen molar-refractivity contribution >= 4 is 35.0 Å². The Hall–Kier alpha value is -1.01. The highest BCUT2D eigenvalue weighted by molar-refractivity contribution is 7.99. The summed E-state index contributed by atoms with van der Waals surface area (Å²) in [6.45, 7) is 0.531. The lowest BCUT2D eigenvalue weighted by Gasteiger charge is -2.32. The molecule has 1 N–H and O–H groups in total. The van der Waals surface area contributed by atoms with Gasteiger partial charge in [-0.2, -0.15) is 11.8 Å². The van der Waals surface area contributed by atoms with Crippen molar-refractivity contribution in [2.45, 2.75) is 38.1 Å². The zero-order chi connectivity index (χ0) is 14.8. The molecule has 0 bridgehead atoms. The zero-order valence-electron chi connectivity index (χ0n) is 11.8. The molecule has 1 aliphatic carbocycles. The van der Waals surface area contributed by atoms with E-state index in [1.165, 1.54) is 29.7 Å². The summed E-state index contributed by atoms with van der Waals surface area (Å²) in [5.74, 6) is 0.321. The van der Waals surface area contributed by atoms with E-state index in [0.29, 0.717) is 12.3 Å². The average Bonchev–Trinajstić information content (AvgIpc) is 2.77. The number of hydrogen-bond acceptors (Lipinski definition) is 4. The van der Waals surface area contributed by atoms with Gasteiger partial charge in [-0.3, -0.25) is 4.79 Å². The Morgan fingerprint density at radius 2 is 2.05 bits per heavy atom. The van der Waals surface area contributed by atoms with Crippen LogP contribution < -0.4 is 0 Å². The first kappa shape index (κ1) is 14.9. The van der Waals surface area contributed by atoms with E-state index in [0.717, 1.165) is 23.5 Å². The third-order valence-electron chi connectivity index (χ3n) is 4.13. The Morgan fingerprint density at radius 1 is 1.24 bits per heavy atom. The van der Waals surface area contributed by atoms with Crippen LogP contribution in [0.15, 0.2) is 6.07 Å². The molecule has 0 aromatic carbocycles. The number of carboxylic acid groups (broad SMARTS) is 1. The first-order valence-electron chi connectivity index (χ1n) is 7.40. The molecule has 0 radical (unpaired) electrons. The van der Waals surface area contributed by atoms with Crippen LogP contribution in [-0.4, -0.2) is 46.0 Å². The maximum Gasteiger partial charge on any atom is 0.327 e. The van der Waals surface area contributed by atoms with E-state index < -0.39 is 12.0 Å². The molecule has 1 aromatic heterocycles. The summed E-state index contributed by atoms with van der Waals surface area (Å²) < 4.78 is 0. The monoisotopic (exact) mass is 325 g/mol. The Morgan fingerprint density at radius 3 is 2.86 bits per heavy atom. The van der Waals surface area contributed by atoms with Crippen molar-refractivity contribution in [3.05, 3.63) is 21.4 Å². The zero-order valence-corrected chi connectivity index (χ0v) is 13.5. The Kier molecular flexibility index (Phi) is 4.54. The first-order chi connectivity index (χ1) is 10.2. The number of thioether (sulfide) groups is 1. The van der Waals surface area contributed by atoms with Gasteiger partial charge in [0, 0.05) is 22.9 Å². The number of carboxylic acids is 1. The van der Waals surface area contributed by atoms with Gasteiger partial charge in [0.1, 0.15) is 6.04 Å². The molecule has 3 rings (SSSR count). The fourth-order valence-electron chi connectivity index (χ4n) is 2.97. The summed E-state index contributed by atoms with van der Waals surface area (Å²) in [4.78, 5) is 27.6. The molecule has 1 fully saturated rings. The maximum absolute atomic E-state index is 12.7. The number of carbonyl (C=O) groups excluding carboxylic acids is 1. The summed E-state index contributed by atoms with van der Waals surface area (Å²) in [5, 5.41) is 9.30. The van der Waals surface area contributed by atoms with Crippen LogP contribution in [0.5, 0.6) is 0 Å². The standard InChI is InChI=1S/C15H19NO3S2/c17-14(16-6-7-20-9-11(16)15(18)19)13-8-10-4-2-1-3-5-12(10)21-13/h8,11H,1-7,9H2,(H,18,19). The van der Waals surface area contributed by atoms with E-state index >= 15 is 0 Å². The molecular weight excluding hydrogens is 306 g/mol. The molecule has 1 aliphatic heterocycles. The van der Waals surface area contributed by atoms with Crippen molar-refractivity contribution in [2.24, 2.45) is 0 Å². The molecule has 1 atom stereocenters. The van der Waals surface area contributed by atoms with Gasteiger partial charge in [0.05, 0.1) is 4.88 Å². The number of aryl methyl sites for hydroxylation is 2. The second-order valence-electron chi connectivity index (χ2n) is 5.55. The molecule has 114 valence electrons. The van der Waals surface area contributed by atoms with E-state index in [9.17, 15) is 14.7 Å². The van der Waals surface area contributed by atoms with Crippen LogP contribution in [0.2, 0.25) is 0 Å². The van der Waals surface area contributed by atoms with Gasteiger partial charge in [0.2, 0.25) is 0 Å². The minimum Gasteiger partial charge on any atom is -0.480 e. The minimum absolute atomic E-state index is 0.0965. The summed E-state index contributed by atoms with van der Waals surface area (Å²) in [7, 11) is 0. The van der Waals surface area contributed by atoms with Crippen molar-refractivity contribution in [3.63, 3.8) is 0 Å². The van der Waals surface area contributed by atoms with Crippen LogP contribution in [0.3, 0.4) is 0 Å². The van der Waals surface area contributed by atoms with Crippen LogP contribution in [0.1, 0.15) is 39.4 Å². The molecule has 2 aliphatic rings. The maximum atomic E-state index is 12.7. The fraction of sp³-hybridized carbons (Fsp3) is 0.600. The van der Waals surface area contributed by atoms with Gasteiger partial charge in [0.25, 0.3) is 5.91 Å². The molecule has 1 amide bonds. The van der Waals surface area contributed by atoms with Gasteiger partial charge in [-0.15, -0.1) is 11.3 Å². The predicted molar refractivity (Wildman–Crippen MR) is 85.4 cm³/mol. The predicted octanol–water partition coefficient (Wildman–Crippen LogP) is 2.66. The highest BCUT2D eigenvalue weighted by atomic mass is 32.2. The smallest absolute Gasteiger partial charge is 0.327 e. The Bertz CT molecular complexity index is 532. The van der Waals surface area contributed by atoms with E-state index in [1.54, 1.807) is 28.0 Å². The summed E-state index contributed by atoms with van der Waals surface area (Å²) in [6.07, 6.45) is 5.76. The summed E-state index contributed by atoms with van der Waals surface area (Å²) in [5.41, 5.74) is 1.30. The molecule has 0 spiro atoms. The number of carbonyl (C=O) groups is 2. The molecular formula is C15H19NO3S2. The largest absolute Gasteiger partial charge is 0.480 e. The molecule has 6 heteroatoms. The number of aliphatic carboxylic acids is 1. The number of fused-ring (bicyclic) bond motifs is 1. The number of thiophene rings is 1. The topological polar surface area (TPSA) is 57.6 Å². The number of rotatable bonds is 2. The first-order valence-corrected chi connectivity index (χ1v) is 9.37. The van der Waals surface area contributed by atoms with Crippen LogP contribution in [0.4, 0.5) is 0 Å². The lowest BCUT2D eigenvalue weighted by Crippen LogP contribution is -2.50. The van der Waals surface area contributed by atoms with Gasteiger partial charge in [-0.1, -0.05) is 6.42 Å². The Balaban J connectivity index is 1.82. The van der Waals surface area contributed by atoms with Crippen molar-refractivity contribution in [3.8, 4) is 0 Å². The molecule has 1 unspecified atom stereocenters. The molecule has 1 saturated heterocycles. The second kappa shape index (κ2) is 6.40. The third-order valence-corrected chi connectivity index (χ3v) is 6.38. The highest BCUT2D eigenvalue weighted by Gasteiger charge is 2.33. The van der Waals surface area contributed by atoms with Crippen molar-refractivity contribution in [1.82, 2.24) is 4.90 Å². The van der Waals surface area contributed by atoms with Crippen LogP contribution in [0, 0.1) is 0 Å². The molecule has 4 nitrogen and oxygen atoms in total. The SMILES string of the molecule is O=C(O)C1CSCCN1C(=O)c1cc2c(s1)CCCCC2. The minimum atomic E-state index is -0.895. The van der Waals surface area contributed by atoms with Gasteiger partial charge >= 0.3 is 5.97 Å². The molecule has 2 heterocycles. The lowest BCUT2D eigenvalue weighted by atomic mass is 10.1. The van der Waals surface area contributed by atoms with Crippen molar-refractivity contribution in [1.29, 1.82) is 0 Å². The normalized spacial score (nSPS) is 22.5. The number of amides is 1. The van der Waals surface area contributed by atoms with Crippen LogP contribution in [0.25, 0.3) is 0 Å². The van der Waals surface area contributed by atoms with E-state index in [4.69, 9.17) is 0 Å². The van der Waals surface area contributed by atoms with Crippen molar-refractivity contribution < 1.29 is 14.7 Å². The van der Waals surface area contributed by atoms with E-state index in [-0.39, 0.29) is 5.91 Å². The van der Waals surface area contributed by atoms with Gasteiger partial charge in [0.15, 0.2) is 0 Å². The average molecular weight is 325 g/mol. The molecule has 0 saturated carbocycles.